The lowest BCUT2D eigenvalue weighted by Crippen LogP contribution is -2.39. The van der Waals surface area contributed by atoms with Crippen LogP contribution in [0.25, 0.3) is 11.3 Å². The standard InChI is InChI=1S/C22H25F2N7O2/c1-31(2)22(33)15(4-3-5-19(23)24)29-16-8-14(10-26-17(16)9-25)18-11-28-20(12-27-18)30-21(32)13-6-7-13/h8,10-13,15,19,29H,3-7H2,1-2H3,(H,28,30,32). The number of rotatable bonds is 10. The van der Waals surface area contributed by atoms with Gasteiger partial charge in [0.05, 0.1) is 23.8 Å². The van der Waals surface area contributed by atoms with E-state index in [-0.39, 0.29) is 42.7 Å². The number of nitriles is 1. The second kappa shape index (κ2) is 10.8. The van der Waals surface area contributed by atoms with Gasteiger partial charge in [-0.15, -0.1) is 0 Å². The summed E-state index contributed by atoms with van der Waals surface area (Å²) < 4.78 is 25.1. The number of alkyl halides is 2. The minimum absolute atomic E-state index is 0.0429. The molecule has 2 N–H and O–H groups in total. The molecule has 1 saturated carbocycles. The SMILES string of the molecule is CN(C)C(=O)C(CCCC(F)F)Nc1cc(-c2cnc(NC(=O)C3CC3)cn2)cnc1C#N. The third kappa shape index (κ3) is 6.65. The maximum Gasteiger partial charge on any atom is 0.244 e. The second-order valence-electron chi connectivity index (χ2n) is 8.03. The minimum atomic E-state index is -2.45. The number of hydrogen-bond donors (Lipinski definition) is 2. The zero-order valence-electron chi connectivity index (χ0n) is 18.4. The quantitative estimate of drug-likeness (QED) is 0.562. The number of halogens is 2. The zero-order chi connectivity index (χ0) is 24.0. The van der Waals surface area contributed by atoms with Gasteiger partial charge in [0.15, 0.2) is 11.5 Å². The Morgan fingerprint density at radius 2 is 1.94 bits per heavy atom. The predicted molar refractivity (Wildman–Crippen MR) is 117 cm³/mol. The van der Waals surface area contributed by atoms with E-state index in [1.807, 2.05) is 6.07 Å². The van der Waals surface area contributed by atoms with Gasteiger partial charge in [0, 0.05) is 38.2 Å². The van der Waals surface area contributed by atoms with E-state index in [0.29, 0.717) is 22.8 Å². The summed E-state index contributed by atoms with van der Waals surface area (Å²) in [6, 6.07) is 2.78. The van der Waals surface area contributed by atoms with Gasteiger partial charge in [-0.1, -0.05) is 0 Å². The average molecular weight is 457 g/mol. The van der Waals surface area contributed by atoms with Crippen molar-refractivity contribution in [2.75, 3.05) is 24.7 Å². The number of aromatic nitrogens is 3. The number of hydrogen-bond acceptors (Lipinski definition) is 7. The molecule has 1 fully saturated rings. The number of nitrogens with zero attached hydrogens (tertiary/aromatic N) is 5. The fourth-order valence-corrected chi connectivity index (χ4v) is 3.15. The molecule has 3 rings (SSSR count). The number of anilines is 2. The van der Waals surface area contributed by atoms with E-state index >= 15 is 0 Å². The molecule has 0 spiro atoms. The van der Waals surface area contributed by atoms with Crippen LogP contribution in [0, 0.1) is 17.2 Å². The van der Waals surface area contributed by atoms with E-state index in [1.165, 1.54) is 23.5 Å². The van der Waals surface area contributed by atoms with E-state index in [9.17, 15) is 23.6 Å². The Hall–Kier alpha value is -3.68. The number of nitrogens with one attached hydrogen (secondary N) is 2. The maximum absolute atomic E-state index is 12.6. The molecule has 0 saturated heterocycles. The van der Waals surface area contributed by atoms with Gasteiger partial charge in [0.1, 0.15) is 12.1 Å². The highest BCUT2D eigenvalue weighted by molar-refractivity contribution is 5.93. The van der Waals surface area contributed by atoms with Crippen molar-refractivity contribution in [3.63, 3.8) is 0 Å². The summed E-state index contributed by atoms with van der Waals surface area (Å²) in [5, 5.41) is 15.1. The molecule has 1 atom stereocenters. The first-order chi connectivity index (χ1) is 15.8. The van der Waals surface area contributed by atoms with Crippen LogP contribution < -0.4 is 10.6 Å². The van der Waals surface area contributed by atoms with Crippen molar-refractivity contribution in [2.45, 2.75) is 44.6 Å². The number of carbonyl (C=O) groups is 2. The molecule has 2 aromatic rings. The van der Waals surface area contributed by atoms with Crippen molar-refractivity contribution >= 4 is 23.3 Å². The molecule has 2 aromatic heterocycles. The third-order valence-corrected chi connectivity index (χ3v) is 5.12. The molecule has 174 valence electrons. The minimum Gasteiger partial charge on any atom is -0.371 e. The van der Waals surface area contributed by atoms with Crippen LogP contribution in [0.1, 0.15) is 37.8 Å². The fourth-order valence-electron chi connectivity index (χ4n) is 3.15. The lowest BCUT2D eigenvalue weighted by atomic mass is 10.1. The monoisotopic (exact) mass is 457 g/mol. The van der Waals surface area contributed by atoms with Crippen molar-refractivity contribution < 1.29 is 18.4 Å². The van der Waals surface area contributed by atoms with Crippen LogP contribution in [0.5, 0.6) is 0 Å². The van der Waals surface area contributed by atoms with E-state index in [1.54, 1.807) is 20.2 Å². The Bertz CT molecular complexity index is 1030. The van der Waals surface area contributed by atoms with Gasteiger partial charge in [-0.25, -0.2) is 18.7 Å². The van der Waals surface area contributed by atoms with E-state index in [4.69, 9.17) is 0 Å². The van der Waals surface area contributed by atoms with Crippen molar-refractivity contribution in [2.24, 2.45) is 5.92 Å². The highest BCUT2D eigenvalue weighted by atomic mass is 19.3. The Labute approximate surface area is 190 Å². The van der Waals surface area contributed by atoms with E-state index in [2.05, 4.69) is 25.6 Å². The lowest BCUT2D eigenvalue weighted by Gasteiger charge is -2.23. The number of pyridine rings is 1. The van der Waals surface area contributed by atoms with Gasteiger partial charge in [0.2, 0.25) is 18.2 Å². The smallest absolute Gasteiger partial charge is 0.244 e. The molecule has 33 heavy (non-hydrogen) atoms. The van der Waals surface area contributed by atoms with Gasteiger partial charge >= 0.3 is 0 Å². The number of likely N-dealkylation sites (N-methyl/N-ethyl adjacent to an activating group) is 1. The molecule has 0 bridgehead atoms. The van der Waals surface area contributed by atoms with Crippen LogP contribution in [-0.2, 0) is 9.59 Å². The molecule has 11 heteroatoms. The third-order valence-electron chi connectivity index (χ3n) is 5.12. The molecule has 2 amide bonds. The summed E-state index contributed by atoms with van der Waals surface area (Å²) in [7, 11) is 3.15. The van der Waals surface area contributed by atoms with Crippen LogP contribution in [0.2, 0.25) is 0 Å². The van der Waals surface area contributed by atoms with Crippen molar-refractivity contribution in [3.8, 4) is 17.3 Å². The van der Waals surface area contributed by atoms with E-state index < -0.39 is 12.5 Å². The van der Waals surface area contributed by atoms with E-state index in [0.717, 1.165) is 12.8 Å². The molecular formula is C22H25F2N7O2. The van der Waals surface area contributed by atoms with Crippen LogP contribution in [0.3, 0.4) is 0 Å². The first kappa shape index (κ1) is 24.0. The van der Waals surface area contributed by atoms with Crippen LogP contribution in [0.4, 0.5) is 20.3 Å². The number of amides is 2. The second-order valence-corrected chi connectivity index (χ2v) is 8.03. The first-order valence-electron chi connectivity index (χ1n) is 10.6. The molecule has 1 aliphatic carbocycles. The Balaban J connectivity index is 1.79. The molecule has 2 heterocycles. The summed E-state index contributed by atoms with van der Waals surface area (Å²) >= 11 is 0. The van der Waals surface area contributed by atoms with Gasteiger partial charge < -0.3 is 15.5 Å². The lowest BCUT2D eigenvalue weighted by molar-refractivity contribution is -0.129. The van der Waals surface area contributed by atoms with Crippen LogP contribution >= 0.6 is 0 Å². The summed E-state index contributed by atoms with van der Waals surface area (Å²) in [6.07, 6.45) is 3.67. The van der Waals surface area contributed by atoms with Gasteiger partial charge in [-0.05, 0) is 31.7 Å². The average Bonchev–Trinajstić information content (AvgIpc) is 3.63. The van der Waals surface area contributed by atoms with Gasteiger partial charge in [-0.2, -0.15) is 5.26 Å². The summed E-state index contributed by atoms with van der Waals surface area (Å²) in [5.41, 5.74) is 1.34. The van der Waals surface area contributed by atoms with Crippen molar-refractivity contribution in [1.82, 2.24) is 19.9 Å². The predicted octanol–water partition coefficient (Wildman–Crippen LogP) is 3.06. The first-order valence-corrected chi connectivity index (χ1v) is 10.6. The molecule has 0 aromatic carbocycles. The zero-order valence-corrected chi connectivity index (χ0v) is 18.4. The van der Waals surface area contributed by atoms with Crippen LogP contribution in [-0.4, -0.2) is 58.2 Å². The molecule has 0 radical (unpaired) electrons. The van der Waals surface area contributed by atoms with Crippen molar-refractivity contribution in [3.05, 3.63) is 30.4 Å². The molecule has 9 nitrogen and oxygen atoms in total. The van der Waals surface area contributed by atoms with Crippen molar-refractivity contribution in [1.29, 1.82) is 5.26 Å². The highest BCUT2D eigenvalue weighted by Gasteiger charge is 2.29. The Morgan fingerprint density at radius 3 is 2.52 bits per heavy atom. The normalized spacial score (nSPS) is 13.8. The largest absolute Gasteiger partial charge is 0.371 e. The number of carbonyl (C=O) groups excluding carboxylic acids is 2. The molecule has 0 aliphatic heterocycles. The Morgan fingerprint density at radius 1 is 1.18 bits per heavy atom. The molecule has 1 unspecified atom stereocenters. The summed E-state index contributed by atoms with van der Waals surface area (Å²) in [6.45, 7) is 0. The Kier molecular flexibility index (Phi) is 7.82. The summed E-state index contributed by atoms with van der Waals surface area (Å²) in [5.74, 6) is 0.00811. The van der Waals surface area contributed by atoms with Gasteiger partial charge in [0.25, 0.3) is 0 Å². The fraction of sp³-hybridized carbons (Fsp3) is 0.455. The highest BCUT2D eigenvalue weighted by Crippen LogP contribution is 2.30. The molecular weight excluding hydrogens is 432 g/mol. The molecule has 1 aliphatic rings. The maximum atomic E-state index is 12.6. The van der Waals surface area contributed by atoms with Crippen LogP contribution in [0.15, 0.2) is 24.7 Å². The summed E-state index contributed by atoms with van der Waals surface area (Å²) in [4.78, 5) is 38.4. The van der Waals surface area contributed by atoms with Gasteiger partial charge in [-0.3, -0.25) is 14.6 Å². The topological polar surface area (TPSA) is 124 Å².